The number of benzene rings is 3. The molecule has 0 heterocycles. The fourth-order valence-corrected chi connectivity index (χ4v) is 4.51. The van der Waals surface area contributed by atoms with E-state index in [1.54, 1.807) is 0 Å². The van der Waals surface area contributed by atoms with Crippen LogP contribution in [0, 0.1) is 0 Å². The average Bonchev–Trinajstić information content (AvgIpc) is 2.82. The van der Waals surface area contributed by atoms with Crippen molar-refractivity contribution in [1.82, 2.24) is 0 Å². The summed E-state index contributed by atoms with van der Waals surface area (Å²) in [6.45, 7) is 15.7. The van der Waals surface area contributed by atoms with E-state index in [1.807, 2.05) is 24.3 Å². The second kappa shape index (κ2) is 13.8. The van der Waals surface area contributed by atoms with Gasteiger partial charge in [0.1, 0.15) is 11.9 Å². The summed E-state index contributed by atoms with van der Waals surface area (Å²) in [5, 5.41) is 2.11. The molecule has 0 saturated carbocycles. The maximum atomic E-state index is 12.5. The molecule has 0 bridgehead atoms. The number of carbonyl (C=O) groups excluding carboxylic acids is 1. The molecule has 0 saturated heterocycles. The van der Waals surface area contributed by atoms with E-state index >= 15 is 0 Å². The fraction of sp³-hybridized carbons (Fsp3) is 0.452. The molecule has 1 atom stereocenters. The minimum Gasteiger partial charge on any atom is -1.00 e. The first kappa shape index (κ1) is 33.2. The molecule has 0 aromatic heterocycles. The summed E-state index contributed by atoms with van der Waals surface area (Å²) in [5.41, 5.74) is 9.87. The van der Waals surface area contributed by atoms with Gasteiger partial charge in [0.15, 0.2) is 0 Å². The number of ether oxygens (including phenoxy) is 1. The van der Waals surface area contributed by atoms with Crippen molar-refractivity contribution in [2.75, 3.05) is 0 Å². The van der Waals surface area contributed by atoms with Gasteiger partial charge in [-0.1, -0.05) is 97.4 Å². The average molecular weight is 508 g/mol. The van der Waals surface area contributed by atoms with Crippen molar-refractivity contribution >= 4 is 16.7 Å². The first-order valence-corrected chi connectivity index (χ1v) is 12.7. The second-order valence-electron chi connectivity index (χ2n) is 10.7. The molecule has 36 heavy (non-hydrogen) atoms. The molecule has 3 aromatic carbocycles. The second-order valence-corrected chi connectivity index (χ2v) is 10.7. The van der Waals surface area contributed by atoms with Gasteiger partial charge in [-0.2, -0.15) is 0 Å². The predicted octanol–water partition coefficient (Wildman–Crippen LogP) is 2.47. The van der Waals surface area contributed by atoms with Gasteiger partial charge in [0.2, 0.25) is 5.91 Å². The molecule has 5 heteroatoms. The molecule has 0 spiro atoms. The molecular formula is C31H43NNa2O2. The molecular weight excluding hydrogens is 464 g/mol. The van der Waals surface area contributed by atoms with Crippen LogP contribution in [0.25, 0.3) is 10.8 Å². The molecule has 186 valence electrons. The molecule has 0 aliphatic rings. The quantitative estimate of drug-likeness (QED) is 0.429. The Labute approximate surface area is 265 Å². The zero-order valence-electron chi connectivity index (χ0n) is 26.0. The van der Waals surface area contributed by atoms with Gasteiger partial charge in [0, 0.05) is 16.7 Å². The number of amides is 1. The molecule has 3 rings (SSSR count). The van der Waals surface area contributed by atoms with Gasteiger partial charge in [-0.25, -0.2) is 0 Å². The molecule has 0 radical (unpaired) electrons. The van der Waals surface area contributed by atoms with Crippen LogP contribution in [0.4, 0.5) is 0 Å². The van der Waals surface area contributed by atoms with Gasteiger partial charge in [-0.05, 0) is 58.6 Å². The predicted molar refractivity (Wildman–Crippen MR) is 146 cm³/mol. The Balaban J connectivity index is 0. The van der Waals surface area contributed by atoms with E-state index in [0.717, 1.165) is 47.8 Å². The van der Waals surface area contributed by atoms with E-state index in [9.17, 15) is 4.79 Å². The summed E-state index contributed by atoms with van der Waals surface area (Å²) in [7, 11) is 0. The molecule has 1 unspecified atom stereocenters. The Bertz CT molecular complexity index is 1180. The number of hydrogen-bond acceptors (Lipinski definition) is 2. The van der Waals surface area contributed by atoms with Crippen molar-refractivity contribution in [3.63, 3.8) is 0 Å². The van der Waals surface area contributed by atoms with Crippen molar-refractivity contribution in [1.29, 1.82) is 0 Å². The number of hydrogen-bond donors (Lipinski definition) is 1. The number of nitrogens with two attached hydrogens (primary N) is 1. The van der Waals surface area contributed by atoms with E-state index in [4.69, 9.17) is 10.5 Å². The van der Waals surface area contributed by atoms with Crippen LogP contribution < -0.4 is 69.6 Å². The molecule has 3 nitrogen and oxygen atoms in total. The minimum atomic E-state index is -0.417. The van der Waals surface area contributed by atoms with Gasteiger partial charge < -0.3 is 13.3 Å². The van der Waals surface area contributed by atoms with Crippen LogP contribution in [-0.2, 0) is 10.8 Å². The zero-order chi connectivity index (χ0) is 25.1. The van der Waals surface area contributed by atoms with Crippen LogP contribution in [0.5, 0.6) is 5.75 Å². The summed E-state index contributed by atoms with van der Waals surface area (Å²) < 4.78 is 6.85. The Kier molecular flexibility index (Phi) is 12.8. The van der Waals surface area contributed by atoms with Gasteiger partial charge in [-0.15, -0.1) is 0 Å². The van der Waals surface area contributed by atoms with E-state index in [2.05, 4.69) is 78.8 Å². The molecule has 0 aliphatic heterocycles. The Morgan fingerprint density at radius 3 is 2.14 bits per heavy atom. The Hall–Kier alpha value is -0.810. The summed E-state index contributed by atoms with van der Waals surface area (Å²) in [5.74, 6) is 0.476. The van der Waals surface area contributed by atoms with Crippen molar-refractivity contribution in [3.05, 3.63) is 76.9 Å². The number of primary amides is 1. The first-order valence-electron chi connectivity index (χ1n) is 12.7. The van der Waals surface area contributed by atoms with Gasteiger partial charge in [-0.3, -0.25) is 4.79 Å². The van der Waals surface area contributed by atoms with E-state index in [-0.39, 0.29) is 78.9 Å². The largest absolute Gasteiger partial charge is 1.00 e. The number of fused-ring (bicyclic) bond motifs is 1. The van der Waals surface area contributed by atoms with Gasteiger partial charge in [0.05, 0.1) is 0 Å². The third-order valence-corrected chi connectivity index (χ3v) is 7.64. The monoisotopic (exact) mass is 507 g/mol. The van der Waals surface area contributed by atoms with Crippen molar-refractivity contribution < 1.29 is 71.5 Å². The number of carbonyl (C=O) groups is 1. The Morgan fingerprint density at radius 2 is 1.56 bits per heavy atom. The summed E-state index contributed by atoms with van der Waals surface area (Å²) in [6, 6.07) is 18.6. The third-order valence-electron chi connectivity index (χ3n) is 7.64. The molecule has 0 aliphatic carbocycles. The van der Waals surface area contributed by atoms with E-state index < -0.39 is 5.91 Å². The zero-order valence-corrected chi connectivity index (χ0v) is 28.0. The number of rotatable bonds is 10. The Morgan fingerprint density at radius 1 is 0.917 bits per heavy atom. The molecule has 2 N–H and O–H groups in total. The van der Waals surface area contributed by atoms with Crippen LogP contribution in [0.2, 0.25) is 0 Å². The van der Waals surface area contributed by atoms with Crippen LogP contribution in [-0.4, -0.2) is 5.91 Å². The van der Waals surface area contributed by atoms with Crippen LogP contribution in [0.3, 0.4) is 0 Å². The van der Waals surface area contributed by atoms with Crippen molar-refractivity contribution in [2.24, 2.45) is 5.73 Å². The third kappa shape index (κ3) is 7.18. The summed E-state index contributed by atoms with van der Waals surface area (Å²) in [6.07, 6.45) is 3.52. The molecule has 1 amide bonds. The smallest absolute Gasteiger partial charge is 1.00 e. The topological polar surface area (TPSA) is 52.3 Å². The van der Waals surface area contributed by atoms with Crippen LogP contribution in [0.15, 0.2) is 54.6 Å². The maximum Gasteiger partial charge on any atom is 1.00 e. The van der Waals surface area contributed by atoms with E-state index in [0.29, 0.717) is 5.56 Å². The summed E-state index contributed by atoms with van der Waals surface area (Å²) >= 11 is 0. The SMILES string of the molecule is CCCC(Oc1ccc(C(C)(C)CC)cc1C(C)(C)CC)c1c(C(N)=O)ccc2ccccc12.[H-].[H-].[Na+].[Na+]. The fourth-order valence-electron chi connectivity index (χ4n) is 4.51. The molecule has 0 fully saturated rings. The minimum absolute atomic E-state index is 0. The van der Waals surface area contributed by atoms with Crippen LogP contribution in [0.1, 0.15) is 110 Å². The van der Waals surface area contributed by atoms with Crippen molar-refractivity contribution in [2.45, 2.75) is 91.1 Å². The normalized spacial score (nSPS) is 12.4. The van der Waals surface area contributed by atoms with Crippen molar-refractivity contribution in [3.8, 4) is 5.75 Å². The van der Waals surface area contributed by atoms with Gasteiger partial charge >= 0.3 is 59.1 Å². The van der Waals surface area contributed by atoms with Crippen LogP contribution >= 0.6 is 0 Å². The maximum absolute atomic E-state index is 12.5. The van der Waals surface area contributed by atoms with E-state index in [1.165, 1.54) is 11.1 Å². The van der Waals surface area contributed by atoms with Gasteiger partial charge in [0.25, 0.3) is 0 Å². The first-order chi connectivity index (χ1) is 16.1. The standard InChI is InChI=1S/C31H41NO2.2Na.2H/c1-8-13-27(28-23-15-12-11-14-21(23)16-18-24(28)29(32)33)34-26-19-17-22(30(4,5)9-2)20-25(26)31(6,7)10-3;;;;/h11-12,14-20,27H,8-10,13H2,1-7H3,(H2,32,33);;;;/q;2*+1;2*-1. The molecule has 3 aromatic rings. The summed E-state index contributed by atoms with van der Waals surface area (Å²) in [4.78, 5) is 12.5.